The maximum atomic E-state index is 5.34. The van der Waals surface area contributed by atoms with Crippen LogP contribution in [-0.4, -0.2) is 23.0 Å². The Balaban J connectivity index is 1.95. The Hall–Kier alpha value is -0.830. The van der Waals surface area contributed by atoms with Gasteiger partial charge in [0.2, 0.25) is 0 Å². The molecule has 3 nitrogen and oxygen atoms in total. The summed E-state index contributed by atoms with van der Waals surface area (Å²) >= 11 is 0. The first kappa shape index (κ1) is 9.71. The highest BCUT2D eigenvalue weighted by Crippen LogP contribution is 2.17. The minimum atomic E-state index is 0.573. The quantitative estimate of drug-likeness (QED) is 0.736. The van der Waals surface area contributed by atoms with Gasteiger partial charge < -0.3 is 4.74 Å². The summed E-state index contributed by atoms with van der Waals surface area (Å²) in [6.45, 7) is 7.21. The van der Waals surface area contributed by atoms with Crippen LogP contribution in [0.3, 0.4) is 0 Å². The van der Waals surface area contributed by atoms with Crippen LogP contribution in [0.15, 0.2) is 12.4 Å². The van der Waals surface area contributed by atoms with Crippen LogP contribution in [0, 0.1) is 5.92 Å². The molecule has 2 rings (SSSR count). The molecular formula is C11H18N2O. The van der Waals surface area contributed by atoms with Gasteiger partial charge in [-0.3, -0.25) is 4.68 Å². The van der Waals surface area contributed by atoms with Crippen molar-refractivity contribution in [2.24, 2.45) is 5.92 Å². The monoisotopic (exact) mass is 194 g/mol. The van der Waals surface area contributed by atoms with Gasteiger partial charge in [-0.25, -0.2) is 0 Å². The number of aromatic nitrogens is 2. The molecule has 78 valence electrons. The Kier molecular flexibility index (Phi) is 2.87. The van der Waals surface area contributed by atoms with Gasteiger partial charge in [0.1, 0.15) is 0 Å². The molecule has 1 aromatic rings. The van der Waals surface area contributed by atoms with Crippen LogP contribution in [-0.2, 0) is 11.3 Å². The summed E-state index contributed by atoms with van der Waals surface area (Å²) in [6, 6.07) is 0. The van der Waals surface area contributed by atoms with Crippen molar-refractivity contribution in [1.82, 2.24) is 9.78 Å². The normalized spacial score (nSPS) is 22.1. The maximum absolute atomic E-state index is 5.34. The molecule has 1 saturated heterocycles. The summed E-state index contributed by atoms with van der Waals surface area (Å²) in [6.07, 6.45) is 5.31. The molecule has 1 fully saturated rings. The van der Waals surface area contributed by atoms with E-state index in [0.717, 1.165) is 19.8 Å². The molecule has 2 heterocycles. The van der Waals surface area contributed by atoms with E-state index in [-0.39, 0.29) is 0 Å². The lowest BCUT2D eigenvalue weighted by Crippen LogP contribution is -2.10. The van der Waals surface area contributed by atoms with Crippen molar-refractivity contribution in [2.45, 2.75) is 32.7 Å². The lowest BCUT2D eigenvalue weighted by molar-refractivity contribution is 0.181. The Morgan fingerprint density at radius 2 is 2.50 bits per heavy atom. The van der Waals surface area contributed by atoms with Crippen LogP contribution < -0.4 is 0 Å². The summed E-state index contributed by atoms with van der Waals surface area (Å²) in [4.78, 5) is 0. The summed E-state index contributed by atoms with van der Waals surface area (Å²) in [5.74, 6) is 1.23. The molecule has 0 aliphatic carbocycles. The summed E-state index contributed by atoms with van der Waals surface area (Å²) < 4.78 is 7.39. The number of ether oxygens (including phenoxy) is 1. The number of nitrogens with zero attached hydrogens (tertiary/aromatic N) is 2. The van der Waals surface area contributed by atoms with Crippen molar-refractivity contribution in [2.75, 3.05) is 13.2 Å². The van der Waals surface area contributed by atoms with E-state index in [1.54, 1.807) is 0 Å². The fourth-order valence-corrected chi connectivity index (χ4v) is 1.77. The van der Waals surface area contributed by atoms with Gasteiger partial charge in [0, 0.05) is 25.3 Å². The fourth-order valence-electron chi connectivity index (χ4n) is 1.77. The van der Waals surface area contributed by atoms with Crippen molar-refractivity contribution in [3.63, 3.8) is 0 Å². The lowest BCUT2D eigenvalue weighted by atomic mass is 10.1. The second-order valence-corrected chi connectivity index (χ2v) is 4.38. The first-order valence-corrected chi connectivity index (χ1v) is 5.36. The van der Waals surface area contributed by atoms with Gasteiger partial charge in [-0.2, -0.15) is 5.10 Å². The van der Waals surface area contributed by atoms with E-state index in [1.165, 1.54) is 12.0 Å². The van der Waals surface area contributed by atoms with E-state index >= 15 is 0 Å². The van der Waals surface area contributed by atoms with E-state index in [4.69, 9.17) is 4.74 Å². The zero-order chi connectivity index (χ0) is 9.97. The van der Waals surface area contributed by atoms with Crippen LogP contribution in [0.1, 0.15) is 31.7 Å². The van der Waals surface area contributed by atoms with E-state index < -0.39 is 0 Å². The van der Waals surface area contributed by atoms with Crippen LogP contribution in [0.5, 0.6) is 0 Å². The highest BCUT2D eigenvalue weighted by Gasteiger charge is 2.16. The van der Waals surface area contributed by atoms with Crippen molar-refractivity contribution < 1.29 is 4.74 Å². The van der Waals surface area contributed by atoms with E-state index in [2.05, 4.69) is 29.8 Å². The summed E-state index contributed by atoms with van der Waals surface area (Å²) in [5, 5.41) is 4.36. The molecule has 0 amide bonds. The third-order valence-corrected chi connectivity index (χ3v) is 2.79. The lowest BCUT2D eigenvalue weighted by Gasteiger charge is -2.06. The van der Waals surface area contributed by atoms with E-state index in [0.29, 0.717) is 11.8 Å². The molecule has 0 unspecified atom stereocenters. The Bertz CT molecular complexity index is 287. The highest BCUT2D eigenvalue weighted by molar-refractivity contribution is 5.08. The van der Waals surface area contributed by atoms with Gasteiger partial charge in [-0.05, 0) is 17.9 Å². The Morgan fingerprint density at radius 1 is 1.64 bits per heavy atom. The van der Waals surface area contributed by atoms with Gasteiger partial charge in [0.25, 0.3) is 0 Å². The zero-order valence-corrected chi connectivity index (χ0v) is 8.94. The van der Waals surface area contributed by atoms with Crippen LogP contribution in [0.25, 0.3) is 0 Å². The molecule has 0 radical (unpaired) electrons. The van der Waals surface area contributed by atoms with Gasteiger partial charge in [0.05, 0.1) is 12.8 Å². The minimum Gasteiger partial charge on any atom is -0.381 e. The maximum Gasteiger partial charge on any atom is 0.0524 e. The third kappa shape index (κ3) is 2.15. The van der Waals surface area contributed by atoms with E-state index in [1.807, 2.05) is 6.20 Å². The van der Waals surface area contributed by atoms with E-state index in [9.17, 15) is 0 Å². The Morgan fingerprint density at radius 3 is 3.07 bits per heavy atom. The van der Waals surface area contributed by atoms with Crippen LogP contribution >= 0.6 is 0 Å². The average molecular weight is 194 g/mol. The first-order chi connectivity index (χ1) is 6.75. The molecule has 1 aromatic heterocycles. The molecule has 0 saturated carbocycles. The minimum absolute atomic E-state index is 0.573. The van der Waals surface area contributed by atoms with Crippen molar-refractivity contribution in [1.29, 1.82) is 0 Å². The van der Waals surface area contributed by atoms with Gasteiger partial charge in [0.15, 0.2) is 0 Å². The van der Waals surface area contributed by atoms with Crippen molar-refractivity contribution in [3.8, 4) is 0 Å². The zero-order valence-electron chi connectivity index (χ0n) is 8.94. The average Bonchev–Trinajstić information content (AvgIpc) is 2.75. The Labute approximate surface area is 85.1 Å². The molecule has 1 atom stereocenters. The van der Waals surface area contributed by atoms with Gasteiger partial charge >= 0.3 is 0 Å². The summed E-state index contributed by atoms with van der Waals surface area (Å²) in [7, 11) is 0. The molecule has 0 bridgehead atoms. The standard InChI is InChI=1S/C11H18N2O/c1-9(2)11-5-12-13(7-11)6-10-3-4-14-8-10/h5,7,9-10H,3-4,6,8H2,1-2H3/t10-/m1/s1. The molecular weight excluding hydrogens is 176 g/mol. The second kappa shape index (κ2) is 4.13. The predicted molar refractivity (Wildman–Crippen MR) is 55.2 cm³/mol. The fraction of sp³-hybridized carbons (Fsp3) is 0.727. The molecule has 0 aromatic carbocycles. The molecule has 1 aliphatic heterocycles. The first-order valence-electron chi connectivity index (χ1n) is 5.36. The second-order valence-electron chi connectivity index (χ2n) is 4.38. The van der Waals surface area contributed by atoms with Crippen molar-refractivity contribution in [3.05, 3.63) is 18.0 Å². The predicted octanol–water partition coefficient (Wildman–Crippen LogP) is 2.04. The smallest absolute Gasteiger partial charge is 0.0524 e. The molecule has 0 N–H and O–H groups in total. The SMILES string of the molecule is CC(C)c1cnn(C[C@H]2CCOC2)c1. The van der Waals surface area contributed by atoms with Crippen molar-refractivity contribution >= 4 is 0 Å². The molecule has 0 spiro atoms. The molecule has 1 aliphatic rings. The number of rotatable bonds is 3. The van der Waals surface area contributed by atoms with Gasteiger partial charge in [-0.1, -0.05) is 13.8 Å². The van der Waals surface area contributed by atoms with Crippen LogP contribution in [0.4, 0.5) is 0 Å². The van der Waals surface area contributed by atoms with Crippen LogP contribution in [0.2, 0.25) is 0 Å². The third-order valence-electron chi connectivity index (χ3n) is 2.79. The van der Waals surface area contributed by atoms with Gasteiger partial charge in [-0.15, -0.1) is 0 Å². The summed E-state index contributed by atoms with van der Waals surface area (Å²) in [5.41, 5.74) is 1.32. The highest BCUT2D eigenvalue weighted by atomic mass is 16.5. The number of hydrogen-bond acceptors (Lipinski definition) is 2. The molecule has 14 heavy (non-hydrogen) atoms. The largest absolute Gasteiger partial charge is 0.381 e. The molecule has 3 heteroatoms. The topological polar surface area (TPSA) is 27.1 Å². The number of hydrogen-bond donors (Lipinski definition) is 0.